The quantitative estimate of drug-likeness (QED) is 0.114. The highest BCUT2D eigenvalue weighted by atomic mass is 19.3. The third kappa shape index (κ3) is 7.17. The highest BCUT2D eigenvalue weighted by Crippen LogP contribution is 2.35. The van der Waals surface area contributed by atoms with E-state index in [2.05, 4.69) is 25.3 Å². The Hall–Kier alpha value is -4.77. The standard InChI is InChI=1S/C32H36F4N8O5/c1-17(48-31(46)49-19-5-3-6-19)42-29-26-30(40-15-39-29)44(16-41-26)13-18-9-23(20-10-22(34)25(47-2)11-21(20)33)38-12-24(18)43-8-4-7-32(37,14-43)27(45)28(35)36/h9-12,15-17,19,27-28,45H,3-8,13-14,37H2,1-2H3,(H,39,40,42)/t17?,27-,32-/m1/s1. The van der Waals surface area contributed by atoms with Crippen molar-refractivity contribution in [3.05, 3.63) is 54.2 Å². The van der Waals surface area contributed by atoms with E-state index in [4.69, 9.17) is 19.9 Å². The Labute approximate surface area is 278 Å². The number of fused-ring (bicyclic) bond motifs is 1. The molecule has 1 aliphatic heterocycles. The number of benzene rings is 1. The highest BCUT2D eigenvalue weighted by molar-refractivity contribution is 5.83. The van der Waals surface area contributed by atoms with E-state index < -0.39 is 42.1 Å². The fourth-order valence-electron chi connectivity index (χ4n) is 6.04. The number of aliphatic hydroxyl groups is 1. The molecule has 1 saturated carbocycles. The summed E-state index contributed by atoms with van der Waals surface area (Å²) in [5.74, 6) is -1.55. The smallest absolute Gasteiger partial charge is 0.494 e. The fourth-order valence-corrected chi connectivity index (χ4v) is 6.04. The van der Waals surface area contributed by atoms with Gasteiger partial charge in [0.15, 0.2) is 34.8 Å². The Bertz CT molecular complexity index is 1830. The van der Waals surface area contributed by atoms with E-state index in [1.807, 2.05) is 0 Å². The number of nitrogens with zero attached hydrogens (tertiary/aromatic N) is 6. The number of halogens is 4. The number of nitrogens with one attached hydrogen (secondary N) is 1. The van der Waals surface area contributed by atoms with Crippen molar-refractivity contribution in [1.29, 1.82) is 0 Å². The zero-order valence-corrected chi connectivity index (χ0v) is 26.8. The molecule has 1 aromatic carbocycles. The van der Waals surface area contributed by atoms with Crippen molar-refractivity contribution in [2.24, 2.45) is 5.73 Å². The maximum absolute atomic E-state index is 15.2. The van der Waals surface area contributed by atoms with Crippen LogP contribution < -0.4 is 20.7 Å². The largest absolute Gasteiger partial charge is 0.510 e. The van der Waals surface area contributed by atoms with Crippen LogP contribution in [0.5, 0.6) is 5.75 Å². The number of rotatable bonds is 11. The number of ether oxygens (including phenoxy) is 3. The molecular weight excluding hydrogens is 652 g/mol. The lowest BCUT2D eigenvalue weighted by Gasteiger charge is -2.44. The first-order valence-electron chi connectivity index (χ1n) is 15.8. The van der Waals surface area contributed by atoms with Crippen molar-refractivity contribution in [3.63, 3.8) is 0 Å². The van der Waals surface area contributed by atoms with Crippen LogP contribution in [-0.4, -0.2) is 86.4 Å². The number of piperidine rings is 1. The molecule has 49 heavy (non-hydrogen) atoms. The fraction of sp³-hybridized carbons (Fsp3) is 0.469. The van der Waals surface area contributed by atoms with Gasteiger partial charge in [-0.15, -0.1) is 0 Å². The molecule has 6 rings (SSSR count). The predicted octanol–water partition coefficient (Wildman–Crippen LogP) is 4.61. The molecule has 4 heterocycles. The Balaban J connectivity index is 1.33. The Morgan fingerprint density at radius 2 is 1.94 bits per heavy atom. The Morgan fingerprint density at radius 3 is 2.65 bits per heavy atom. The second kappa shape index (κ2) is 14.0. The molecule has 2 fully saturated rings. The third-order valence-corrected chi connectivity index (χ3v) is 8.88. The molecule has 1 aliphatic carbocycles. The van der Waals surface area contributed by atoms with Crippen LogP contribution in [0.3, 0.4) is 0 Å². The zero-order chi connectivity index (χ0) is 34.9. The Morgan fingerprint density at radius 1 is 1.14 bits per heavy atom. The molecule has 3 aromatic heterocycles. The van der Waals surface area contributed by atoms with E-state index in [9.17, 15) is 23.1 Å². The third-order valence-electron chi connectivity index (χ3n) is 8.88. The summed E-state index contributed by atoms with van der Waals surface area (Å²) in [5.41, 5.74) is 6.43. The molecule has 13 nitrogen and oxygen atoms in total. The lowest BCUT2D eigenvalue weighted by atomic mass is 9.84. The number of aromatic nitrogens is 5. The average molecular weight is 689 g/mol. The summed E-state index contributed by atoms with van der Waals surface area (Å²) in [7, 11) is 1.22. The second-order valence-corrected chi connectivity index (χ2v) is 12.3. The van der Waals surface area contributed by atoms with Crippen molar-refractivity contribution in [1.82, 2.24) is 24.5 Å². The van der Waals surface area contributed by atoms with E-state index in [1.54, 1.807) is 22.5 Å². The van der Waals surface area contributed by atoms with E-state index in [-0.39, 0.29) is 48.4 Å². The topological polar surface area (TPSA) is 163 Å². The van der Waals surface area contributed by atoms with Gasteiger partial charge in [-0.3, -0.25) is 4.98 Å². The number of alkyl halides is 2. The molecule has 4 N–H and O–H groups in total. The number of hydrogen-bond donors (Lipinski definition) is 3. The number of aliphatic hydroxyl groups excluding tert-OH is 1. The summed E-state index contributed by atoms with van der Waals surface area (Å²) in [4.78, 5) is 31.4. The van der Waals surface area contributed by atoms with Crippen molar-refractivity contribution >= 4 is 28.8 Å². The van der Waals surface area contributed by atoms with Crippen LogP contribution in [0.25, 0.3) is 22.4 Å². The van der Waals surface area contributed by atoms with Crippen molar-refractivity contribution in [2.75, 3.05) is 30.4 Å². The van der Waals surface area contributed by atoms with E-state index in [0.717, 1.165) is 31.4 Å². The summed E-state index contributed by atoms with van der Waals surface area (Å²) >= 11 is 0. The lowest BCUT2D eigenvalue weighted by molar-refractivity contribution is -0.0529. The first kappa shape index (κ1) is 34.1. The minimum Gasteiger partial charge on any atom is -0.494 e. The minimum atomic E-state index is -3.04. The molecule has 0 bridgehead atoms. The van der Waals surface area contributed by atoms with Gasteiger partial charge in [0.1, 0.15) is 24.4 Å². The summed E-state index contributed by atoms with van der Waals surface area (Å²) < 4.78 is 74.1. The molecule has 262 valence electrons. The number of methoxy groups -OCH3 is 1. The minimum absolute atomic E-state index is 0.0727. The molecule has 1 unspecified atom stereocenters. The van der Waals surface area contributed by atoms with Crippen LogP contribution in [0.4, 0.5) is 33.9 Å². The number of imidazole rings is 1. The molecule has 3 atom stereocenters. The van der Waals surface area contributed by atoms with Crippen LogP contribution in [0.1, 0.15) is 44.6 Å². The molecule has 0 radical (unpaired) electrons. The van der Waals surface area contributed by atoms with Gasteiger partial charge in [0.05, 0.1) is 43.1 Å². The molecule has 1 saturated heterocycles. The zero-order valence-electron chi connectivity index (χ0n) is 26.8. The number of carbonyl (C=O) groups is 1. The number of anilines is 2. The number of hydrogen-bond acceptors (Lipinski definition) is 12. The molecule has 17 heteroatoms. The molecule has 4 aromatic rings. The van der Waals surface area contributed by atoms with E-state index in [1.165, 1.54) is 26.0 Å². The van der Waals surface area contributed by atoms with Crippen molar-refractivity contribution in [2.45, 2.75) is 76.0 Å². The van der Waals surface area contributed by atoms with E-state index in [0.29, 0.717) is 35.4 Å². The lowest BCUT2D eigenvalue weighted by Crippen LogP contribution is -2.63. The number of nitrogens with two attached hydrogens (primary N) is 1. The van der Waals surface area contributed by atoms with Gasteiger partial charge in [0, 0.05) is 24.7 Å². The Kier molecular flexibility index (Phi) is 9.74. The molecule has 0 spiro atoms. The first-order valence-corrected chi connectivity index (χ1v) is 15.8. The van der Waals surface area contributed by atoms with Gasteiger partial charge in [-0.25, -0.2) is 37.3 Å². The van der Waals surface area contributed by atoms with Gasteiger partial charge in [-0.05, 0) is 56.7 Å². The monoisotopic (exact) mass is 688 g/mol. The second-order valence-electron chi connectivity index (χ2n) is 12.3. The maximum Gasteiger partial charge on any atom is 0.510 e. The van der Waals surface area contributed by atoms with Gasteiger partial charge in [0.25, 0.3) is 6.43 Å². The van der Waals surface area contributed by atoms with Gasteiger partial charge < -0.3 is 39.8 Å². The van der Waals surface area contributed by atoms with Crippen LogP contribution in [0, 0.1) is 11.6 Å². The SMILES string of the molecule is COc1cc(F)c(-c2cc(Cn3cnc4c(NC(C)OC(=O)OC5CCC5)ncnc43)c(N3CCC[C@](N)([C@H](O)C(F)F)C3)cn2)cc1F. The normalized spacial score (nSPS) is 19.4. The molecule has 0 amide bonds. The van der Waals surface area contributed by atoms with Gasteiger partial charge >= 0.3 is 6.16 Å². The summed E-state index contributed by atoms with van der Waals surface area (Å²) in [6.07, 6.45) is 0.573. The highest BCUT2D eigenvalue weighted by Gasteiger charge is 2.43. The number of pyridine rings is 1. The van der Waals surface area contributed by atoms with Crippen LogP contribution >= 0.6 is 0 Å². The molecular formula is C32H36F4N8O5. The van der Waals surface area contributed by atoms with Gasteiger partial charge in [0.2, 0.25) is 0 Å². The van der Waals surface area contributed by atoms with Crippen molar-refractivity contribution in [3.8, 4) is 17.0 Å². The van der Waals surface area contributed by atoms with Crippen LogP contribution in [0.2, 0.25) is 0 Å². The van der Waals surface area contributed by atoms with Gasteiger partial charge in [-0.2, -0.15) is 0 Å². The van der Waals surface area contributed by atoms with Gasteiger partial charge in [-0.1, -0.05) is 0 Å². The van der Waals surface area contributed by atoms with Crippen molar-refractivity contribution < 1.29 is 41.7 Å². The predicted molar refractivity (Wildman–Crippen MR) is 169 cm³/mol. The summed E-state index contributed by atoms with van der Waals surface area (Å²) in [5, 5.41) is 13.3. The first-order chi connectivity index (χ1) is 23.5. The average Bonchev–Trinajstić information content (AvgIpc) is 3.46. The maximum atomic E-state index is 15.2. The summed E-state index contributed by atoms with van der Waals surface area (Å²) in [6, 6.07) is 3.46. The molecule has 2 aliphatic rings. The van der Waals surface area contributed by atoms with E-state index >= 15 is 4.39 Å². The number of carbonyl (C=O) groups excluding carboxylic acids is 1. The van der Waals surface area contributed by atoms with Crippen LogP contribution in [0.15, 0.2) is 37.1 Å². The van der Waals surface area contributed by atoms with Crippen LogP contribution in [-0.2, 0) is 16.0 Å². The summed E-state index contributed by atoms with van der Waals surface area (Å²) in [6.45, 7) is 1.99.